The summed E-state index contributed by atoms with van der Waals surface area (Å²) in [5.41, 5.74) is 10.5. The minimum atomic E-state index is 0.942. The molecule has 0 N–H and O–H groups in total. The molecule has 1 heterocycles. The van der Waals surface area contributed by atoms with Crippen LogP contribution in [0.15, 0.2) is 144 Å². The summed E-state index contributed by atoms with van der Waals surface area (Å²) in [5, 5.41) is 9.86. The van der Waals surface area contributed by atoms with E-state index in [2.05, 4.69) is 146 Å². The van der Waals surface area contributed by atoms with E-state index in [1.165, 1.54) is 82.0 Å². The number of benzene rings is 8. The van der Waals surface area contributed by atoms with Crippen molar-refractivity contribution >= 4 is 54.3 Å². The summed E-state index contributed by atoms with van der Waals surface area (Å²) in [6, 6.07) is 50.8. The molecule has 0 amide bonds. The molecule has 0 aliphatic carbocycles. The lowest BCUT2D eigenvalue weighted by atomic mass is 9.85. The Morgan fingerprint density at radius 3 is 1.69 bits per heavy atom. The number of furan rings is 1. The highest BCUT2D eigenvalue weighted by molar-refractivity contribution is 6.25. The van der Waals surface area contributed by atoms with E-state index < -0.39 is 0 Å². The SMILES string of the molecule is Cc1ccc(-c2cccc(-c3c4ccccc4c(-c4cc5ccc6cccc7oc(c4)c5c67)c4ccccc34)c2)cc1. The Hall–Kier alpha value is -5.40. The van der Waals surface area contributed by atoms with Crippen molar-refractivity contribution < 1.29 is 4.42 Å². The van der Waals surface area contributed by atoms with Gasteiger partial charge in [0.15, 0.2) is 0 Å². The first-order valence-electron chi connectivity index (χ1n) is 14.5. The summed E-state index contributed by atoms with van der Waals surface area (Å²) in [5.74, 6) is 0. The molecule has 0 aliphatic rings. The summed E-state index contributed by atoms with van der Waals surface area (Å²) < 4.78 is 6.46. The fourth-order valence-corrected chi connectivity index (χ4v) is 6.95. The van der Waals surface area contributed by atoms with Gasteiger partial charge < -0.3 is 4.42 Å². The van der Waals surface area contributed by atoms with Crippen molar-refractivity contribution in [3.8, 4) is 33.4 Å². The molecule has 0 aliphatic heterocycles. The maximum atomic E-state index is 6.46. The van der Waals surface area contributed by atoms with E-state index in [9.17, 15) is 0 Å². The van der Waals surface area contributed by atoms with Crippen LogP contribution in [0.5, 0.6) is 0 Å². The third-order valence-electron chi connectivity index (χ3n) is 8.86. The Morgan fingerprint density at radius 2 is 0.976 bits per heavy atom. The van der Waals surface area contributed by atoms with Gasteiger partial charge in [0, 0.05) is 10.8 Å². The lowest BCUT2D eigenvalue weighted by molar-refractivity contribution is 0.669. The molecular formula is C41H26O. The molecule has 42 heavy (non-hydrogen) atoms. The van der Waals surface area contributed by atoms with Crippen molar-refractivity contribution in [3.63, 3.8) is 0 Å². The Balaban J connectivity index is 1.35. The van der Waals surface area contributed by atoms with Crippen molar-refractivity contribution in [2.24, 2.45) is 0 Å². The fourth-order valence-electron chi connectivity index (χ4n) is 6.95. The van der Waals surface area contributed by atoms with E-state index in [1.54, 1.807) is 0 Å². The average molecular weight is 535 g/mol. The second-order valence-electron chi connectivity index (χ2n) is 11.4. The molecule has 0 saturated heterocycles. The number of fused-ring (bicyclic) bond motifs is 2. The standard InChI is InChI=1S/C41H26O/c1-25-16-18-26(19-17-25)28-9-6-10-29(22-28)38-32-11-2-4-13-34(32)39(35-14-5-3-12-33(35)38)31-23-30-21-20-27-8-7-15-36-40(27)41(30)37(24-31)42-36/h2-24H,1H3. The third-order valence-corrected chi connectivity index (χ3v) is 8.86. The lowest BCUT2D eigenvalue weighted by Gasteiger charge is -2.18. The zero-order chi connectivity index (χ0) is 27.8. The number of hydrogen-bond acceptors (Lipinski definition) is 1. The predicted octanol–water partition coefficient (Wildman–Crippen LogP) is 11.8. The zero-order valence-electron chi connectivity index (χ0n) is 23.2. The highest BCUT2D eigenvalue weighted by Crippen LogP contribution is 2.46. The zero-order valence-corrected chi connectivity index (χ0v) is 23.2. The van der Waals surface area contributed by atoms with Gasteiger partial charge in [0.2, 0.25) is 0 Å². The Kier molecular flexibility index (Phi) is 4.88. The molecule has 0 bridgehead atoms. The van der Waals surface area contributed by atoms with Gasteiger partial charge in [-0.05, 0) is 96.9 Å². The number of aryl methyl sites for hydroxylation is 1. The molecule has 0 radical (unpaired) electrons. The van der Waals surface area contributed by atoms with Crippen LogP contribution >= 0.6 is 0 Å². The third kappa shape index (κ3) is 3.37. The predicted molar refractivity (Wildman–Crippen MR) is 178 cm³/mol. The van der Waals surface area contributed by atoms with Gasteiger partial charge in [0.1, 0.15) is 11.2 Å². The molecule has 9 rings (SSSR count). The fraction of sp³-hybridized carbons (Fsp3) is 0.0244. The van der Waals surface area contributed by atoms with E-state index in [0.717, 1.165) is 11.2 Å². The van der Waals surface area contributed by atoms with Crippen LogP contribution < -0.4 is 0 Å². The van der Waals surface area contributed by atoms with Crippen LogP contribution in [0, 0.1) is 6.92 Å². The van der Waals surface area contributed by atoms with Gasteiger partial charge in [-0.15, -0.1) is 0 Å². The van der Waals surface area contributed by atoms with Crippen LogP contribution in [0.2, 0.25) is 0 Å². The van der Waals surface area contributed by atoms with Crippen molar-refractivity contribution in [2.45, 2.75) is 6.92 Å². The minimum absolute atomic E-state index is 0.942. The highest BCUT2D eigenvalue weighted by atomic mass is 16.3. The summed E-state index contributed by atoms with van der Waals surface area (Å²) in [6.07, 6.45) is 0. The van der Waals surface area contributed by atoms with Crippen molar-refractivity contribution in [2.75, 3.05) is 0 Å². The summed E-state index contributed by atoms with van der Waals surface area (Å²) in [7, 11) is 0. The summed E-state index contributed by atoms with van der Waals surface area (Å²) in [4.78, 5) is 0. The molecule has 9 aromatic rings. The van der Waals surface area contributed by atoms with Gasteiger partial charge in [0.05, 0.1) is 0 Å². The van der Waals surface area contributed by atoms with Crippen molar-refractivity contribution in [3.05, 3.63) is 145 Å². The van der Waals surface area contributed by atoms with Crippen molar-refractivity contribution in [1.82, 2.24) is 0 Å². The molecule has 1 nitrogen and oxygen atoms in total. The van der Waals surface area contributed by atoms with E-state index >= 15 is 0 Å². The minimum Gasteiger partial charge on any atom is -0.456 e. The van der Waals surface area contributed by atoms with Gasteiger partial charge in [-0.1, -0.05) is 121 Å². The molecular weight excluding hydrogens is 508 g/mol. The molecule has 0 saturated carbocycles. The largest absolute Gasteiger partial charge is 0.456 e. The molecule has 0 unspecified atom stereocenters. The smallest absolute Gasteiger partial charge is 0.136 e. The van der Waals surface area contributed by atoms with Gasteiger partial charge >= 0.3 is 0 Å². The summed E-state index contributed by atoms with van der Waals surface area (Å²) >= 11 is 0. The quantitative estimate of drug-likeness (QED) is 0.162. The summed E-state index contributed by atoms with van der Waals surface area (Å²) in [6.45, 7) is 2.13. The Labute approximate surface area is 243 Å². The van der Waals surface area contributed by atoms with Gasteiger partial charge in [0.25, 0.3) is 0 Å². The highest BCUT2D eigenvalue weighted by Gasteiger charge is 2.19. The van der Waals surface area contributed by atoms with Crippen LogP contribution in [0.3, 0.4) is 0 Å². The second-order valence-corrected chi connectivity index (χ2v) is 11.4. The average Bonchev–Trinajstić information content (AvgIpc) is 3.42. The maximum Gasteiger partial charge on any atom is 0.136 e. The lowest BCUT2D eigenvalue weighted by Crippen LogP contribution is -1.91. The first kappa shape index (κ1) is 23.3. The van der Waals surface area contributed by atoms with Crippen LogP contribution in [0.25, 0.3) is 87.6 Å². The van der Waals surface area contributed by atoms with Crippen molar-refractivity contribution in [1.29, 1.82) is 0 Å². The van der Waals surface area contributed by atoms with E-state index in [-0.39, 0.29) is 0 Å². The Bertz CT molecular complexity index is 2400. The van der Waals surface area contributed by atoms with Crippen LogP contribution in [0.4, 0.5) is 0 Å². The first-order valence-corrected chi connectivity index (χ1v) is 14.5. The number of hydrogen-bond donors (Lipinski definition) is 0. The first-order chi connectivity index (χ1) is 20.7. The van der Waals surface area contributed by atoms with E-state index in [4.69, 9.17) is 4.42 Å². The monoisotopic (exact) mass is 534 g/mol. The molecule has 0 atom stereocenters. The molecule has 0 fully saturated rings. The molecule has 0 spiro atoms. The number of rotatable bonds is 3. The molecule has 1 heteroatoms. The van der Waals surface area contributed by atoms with Gasteiger partial charge in [-0.2, -0.15) is 0 Å². The molecule has 8 aromatic carbocycles. The molecule has 1 aromatic heterocycles. The van der Waals surface area contributed by atoms with Crippen LogP contribution in [0.1, 0.15) is 5.56 Å². The maximum absolute atomic E-state index is 6.46. The van der Waals surface area contributed by atoms with E-state index in [0.29, 0.717) is 0 Å². The molecule has 196 valence electrons. The Morgan fingerprint density at radius 1 is 0.381 bits per heavy atom. The topological polar surface area (TPSA) is 13.1 Å². The van der Waals surface area contributed by atoms with E-state index in [1.807, 2.05) is 0 Å². The van der Waals surface area contributed by atoms with Gasteiger partial charge in [-0.3, -0.25) is 0 Å². The second kappa shape index (κ2) is 8.80. The normalized spacial score (nSPS) is 11.9. The van der Waals surface area contributed by atoms with Gasteiger partial charge in [-0.25, -0.2) is 0 Å². The van der Waals surface area contributed by atoms with Crippen LogP contribution in [-0.4, -0.2) is 0 Å². The van der Waals surface area contributed by atoms with Crippen LogP contribution in [-0.2, 0) is 0 Å².